The number of ether oxygens (including phenoxy) is 1. The molecule has 19 heavy (non-hydrogen) atoms. The van der Waals surface area contributed by atoms with E-state index in [2.05, 4.69) is 36.3 Å². The number of rotatable bonds is 4. The molecule has 0 saturated carbocycles. The van der Waals surface area contributed by atoms with Gasteiger partial charge in [-0.15, -0.1) is 10.2 Å². The molecule has 2 aromatic rings. The van der Waals surface area contributed by atoms with E-state index in [-0.39, 0.29) is 5.54 Å². The Morgan fingerprint density at radius 1 is 1.21 bits per heavy atom. The monoisotopic (exact) mass is 261 g/mol. The Balaban J connectivity index is 2.17. The highest BCUT2D eigenvalue weighted by Crippen LogP contribution is 2.28. The van der Waals surface area contributed by atoms with Gasteiger partial charge in [0.2, 0.25) is 5.89 Å². The molecule has 1 heterocycles. The first-order chi connectivity index (χ1) is 8.99. The zero-order valence-electron chi connectivity index (χ0n) is 11.7. The van der Waals surface area contributed by atoms with Crippen molar-refractivity contribution in [3.8, 4) is 17.2 Å². The van der Waals surface area contributed by atoms with E-state index in [4.69, 9.17) is 9.15 Å². The molecule has 1 aromatic carbocycles. The smallest absolute Gasteiger partial charge is 0.251 e. The number of aromatic nitrogens is 2. The molecular formula is C14H19N3O2. The van der Waals surface area contributed by atoms with Gasteiger partial charge in [0.1, 0.15) is 5.75 Å². The van der Waals surface area contributed by atoms with Crippen LogP contribution in [0.4, 0.5) is 0 Å². The highest BCUT2D eigenvalue weighted by atomic mass is 16.5. The molecule has 0 spiro atoms. The van der Waals surface area contributed by atoms with Gasteiger partial charge in [0.05, 0.1) is 19.2 Å². The third kappa shape index (κ3) is 3.54. The summed E-state index contributed by atoms with van der Waals surface area (Å²) in [6, 6.07) is 7.58. The summed E-state index contributed by atoms with van der Waals surface area (Å²) in [5, 5.41) is 11.4. The molecule has 0 fully saturated rings. The first-order valence-electron chi connectivity index (χ1n) is 6.20. The third-order valence-electron chi connectivity index (χ3n) is 2.57. The standard InChI is InChI=1S/C14H19N3O2/c1-14(2,3)15-9-12-16-17-13(19-12)10-7-5-6-8-11(10)18-4/h5-8,15H,9H2,1-4H3. The van der Waals surface area contributed by atoms with Crippen LogP contribution in [0.5, 0.6) is 5.75 Å². The number of methoxy groups -OCH3 is 1. The van der Waals surface area contributed by atoms with Crippen molar-refractivity contribution in [1.29, 1.82) is 0 Å². The van der Waals surface area contributed by atoms with Crippen molar-refractivity contribution in [2.24, 2.45) is 0 Å². The molecule has 0 amide bonds. The van der Waals surface area contributed by atoms with Gasteiger partial charge in [0.15, 0.2) is 0 Å². The molecule has 0 atom stereocenters. The van der Waals surface area contributed by atoms with E-state index in [9.17, 15) is 0 Å². The van der Waals surface area contributed by atoms with E-state index >= 15 is 0 Å². The zero-order valence-corrected chi connectivity index (χ0v) is 11.7. The van der Waals surface area contributed by atoms with Crippen molar-refractivity contribution in [2.75, 3.05) is 7.11 Å². The maximum atomic E-state index is 5.64. The normalized spacial score (nSPS) is 11.6. The van der Waals surface area contributed by atoms with Crippen LogP contribution in [0.1, 0.15) is 26.7 Å². The van der Waals surface area contributed by atoms with Crippen molar-refractivity contribution in [2.45, 2.75) is 32.9 Å². The predicted molar refractivity (Wildman–Crippen MR) is 72.9 cm³/mol. The molecular weight excluding hydrogens is 242 g/mol. The molecule has 5 nitrogen and oxygen atoms in total. The predicted octanol–water partition coefficient (Wildman–Crippen LogP) is 2.63. The van der Waals surface area contributed by atoms with Crippen molar-refractivity contribution in [3.05, 3.63) is 30.2 Å². The fraction of sp³-hybridized carbons (Fsp3) is 0.429. The summed E-state index contributed by atoms with van der Waals surface area (Å²) in [6.45, 7) is 6.81. The summed E-state index contributed by atoms with van der Waals surface area (Å²) in [6.07, 6.45) is 0. The lowest BCUT2D eigenvalue weighted by molar-refractivity contribution is 0.382. The molecule has 0 aliphatic rings. The summed E-state index contributed by atoms with van der Waals surface area (Å²) in [4.78, 5) is 0. The minimum absolute atomic E-state index is 0.0130. The Morgan fingerprint density at radius 3 is 2.63 bits per heavy atom. The Labute approximate surface area is 113 Å². The van der Waals surface area contributed by atoms with Crippen LogP contribution in [0.15, 0.2) is 28.7 Å². The second kappa shape index (κ2) is 5.40. The first kappa shape index (κ1) is 13.5. The van der Waals surface area contributed by atoms with Crippen molar-refractivity contribution >= 4 is 0 Å². The SMILES string of the molecule is COc1ccccc1-c1nnc(CNC(C)(C)C)o1. The van der Waals surface area contributed by atoms with Gasteiger partial charge in [-0.05, 0) is 32.9 Å². The van der Waals surface area contributed by atoms with Crippen LogP contribution in [-0.4, -0.2) is 22.8 Å². The maximum absolute atomic E-state index is 5.64. The Hall–Kier alpha value is -1.88. The topological polar surface area (TPSA) is 60.2 Å². The zero-order chi connectivity index (χ0) is 13.9. The van der Waals surface area contributed by atoms with Gasteiger partial charge < -0.3 is 14.5 Å². The lowest BCUT2D eigenvalue weighted by atomic mass is 10.1. The van der Waals surface area contributed by atoms with Crippen molar-refractivity contribution in [3.63, 3.8) is 0 Å². The number of hydrogen-bond acceptors (Lipinski definition) is 5. The summed E-state index contributed by atoms with van der Waals surface area (Å²) >= 11 is 0. The third-order valence-corrected chi connectivity index (χ3v) is 2.57. The van der Waals surface area contributed by atoms with Gasteiger partial charge in [-0.1, -0.05) is 12.1 Å². The quantitative estimate of drug-likeness (QED) is 0.916. The molecule has 2 rings (SSSR count). The molecule has 0 aliphatic carbocycles. The van der Waals surface area contributed by atoms with E-state index in [1.807, 2.05) is 24.3 Å². The van der Waals surface area contributed by atoms with Crippen LogP contribution in [0.3, 0.4) is 0 Å². The molecule has 0 radical (unpaired) electrons. The van der Waals surface area contributed by atoms with E-state index < -0.39 is 0 Å². The molecule has 0 bridgehead atoms. The molecule has 0 saturated heterocycles. The number of nitrogens with zero attached hydrogens (tertiary/aromatic N) is 2. The van der Waals surface area contributed by atoms with Gasteiger partial charge in [0.25, 0.3) is 5.89 Å². The Bertz CT molecular complexity index is 544. The number of para-hydroxylation sites is 1. The number of hydrogen-bond donors (Lipinski definition) is 1. The van der Waals surface area contributed by atoms with Crippen molar-refractivity contribution < 1.29 is 9.15 Å². The van der Waals surface area contributed by atoms with Gasteiger partial charge in [-0.2, -0.15) is 0 Å². The first-order valence-corrected chi connectivity index (χ1v) is 6.20. The Morgan fingerprint density at radius 2 is 1.95 bits per heavy atom. The van der Waals surface area contributed by atoms with E-state index in [0.717, 1.165) is 11.3 Å². The fourth-order valence-corrected chi connectivity index (χ4v) is 1.60. The molecule has 0 aliphatic heterocycles. The average Bonchev–Trinajstić information content (AvgIpc) is 2.84. The lowest BCUT2D eigenvalue weighted by Crippen LogP contribution is -2.35. The summed E-state index contributed by atoms with van der Waals surface area (Å²) in [7, 11) is 1.62. The Kier molecular flexibility index (Phi) is 3.85. The highest BCUT2D eigenvalue weighted by molar-refractivity contribution is 5.62. The minimum atomic E-state index is 0.0130. The summed E-state index contributed by atoms with van der Waals surface area (Å²) in [5.41, 5.74) is 0.818. The number of nitrogens with one attached hydrogen (secondary N) is 1. The van der Waals surface area contributed by atoms with Gasteiger partial charge >= 0.3 is 0 Å². The van der Waals surface area contributed by atoms with Crippen LogP contribution in [0.25, 0.3) is 11.5 Å². The van der Waals surface area contributed by atoms with Crippen LogP contribution in [0.2, 0.25) is 0 Å². The molecule has 5 heteroatoms. The van der Waals surface area contributed by atoms with Gasteiger partial charge in [-0.25, -0.2) is 0 Å². The van der Waals surface area contributed by atoms with Gasteiger partial charge in [-0.3, -0.25) is 0 Å². The molecule has 0 unspecified atom stereocenters. The average molecular weight is 261 g/mol. The van der Waals surface area contributed by atoms with E-state index in [1.165, 1.54) is 0 Å². The van der Waals surface area contributed by atoms with E-state index in [1.54, 1.807) is 7.11 Å². The number of benzene rings is 1. The maximum Gasteiger partial charge on any atom is 0.251 e. The second-order valence-electron chi connectivity index (χ2n) is 5.30. The van der Waals surface area contributed by atoms with Gasteiger partial charge in [0, 0.05) is 5.54 Å². The lowest BCUT2D eigenvalue weighted by Gasteiger charge is -2.18. The van der Waals surface area contributed by atoms with Crippen LogP contribution >= 0.6 is 0 Å². The molecule has 1 aromatic heterocycles. The van der Waals surface area contributed by atoms with E-state index in [0.29, 0.717) is 18.3 Å². The van der Waals surface area contributed by atoms with Crippen LogP contribution < -0.4 is 10.1 Å². The fourth-order valence-electron chi connectivity index (χ4n) is 1.60. The van der Waals surface area contributed by atoms with Crippen molar-refractivity contribution in [1.82, 2.24) is 15.5 Å². The molecule has 102 valence electrons. The highest BCUT2D eigenvalue weighted by Gasteiger charge is 2.15. The summed E-state index contributed by atoms with van der Waals surface area (Å²) < 4.78 is 10.9. The van der Waals surface area contributed by atoms with Crippen LogP contribution in [-0.2, 0) is 6.54 Å². The summed E-state index contributed by atoms with van der Waals surface area (Å²) in [5.74, 6) is 1.76. The molecule has 1 N–H and O–H groups in total. The second-order valence-corrected chi connectivity index (χ2v) is 5.30. The van der Waals surface area contributed by atoms with Crippen LogP contribution in [0, 0.1) is 0 Å². The minimum Gasteiger partial charge on any atom is -0.496 e. The largest absolute Gasteiger partial charge is 0.496 e.